The predicted octanol–water partition coefficient (Wildman–Crippen LogP) is 2.92. The minimum Gasteiger partial charge on any atom is -0.335 e. The van der Waals surface area contributed by atoms with E-state index in [0.29, 0.717) is 34.0 Å². The number of nitrogens with one attached hydrogen (secondary N) is 2. The number of hydrogen-bond acceptors (Lipinski definition) is 5. The van der Waals surface area contributed by atoms with Gasteiger partial charge in [-0.2, -0.15) is 0 Å². The van der Waals surface area contributed by atoms with E-state index in [1.165, 1.54) is 6.07 Å². The minimum atomic E-state index is -0.216. The number of fused-ring (bicyclic) bond motifs is 2. The zero-order valence-corrected chi connectivity index (χ0v) is 13.5. The van der Waals surface area contributed by atoms with Crippen LogP contribution in [0.25, 0.3) is 45.1 Å². The molecule has 0 radical (unpaired) electrons. The predicted molar refractivity (Wildman–Crippen MR) is 98.5 cm³/mol. The Morgan fingerprint density at radius 1 is 0.769 bits per heavy atom. The second kappa shape index (κ2) is 5.59. The lowest BCUT2D eigenvalue weighted by Crippen LogP contribution is -2.06. The summed E-state index contributed by atoms with van der Waals surface area (Å²) in [6.45, 7) is 0. The molecular weight excluding hydrogens is 328 g/mol. The summed E-state index contributed by atoms with van der Waals surface area (Å²) in [4.78, 5) is 35.8. The smallest absolute Gasteiger partial charge is 0.249 e. The Kier molecular flexibility index (Phi) is 3.11. The number of pyridine rings is 2. The number of imidazole rings is 1. The van der Waals surface area contributed by atoms with Crippen molar-refractivity contribution in [2.24, 2.45) is 0 Å². The van der Waals surface area contributed by atoms with Crippen molar-refractivity contribution in [2.45, 2.75) is 0 Å². The molecule has 5 rings (SSSR count). The van der Waals surface area contributed by atoms with Crippen molar-refractivity contribution < 1.29 is 0 Å². The lowest BCUT2D eigenvalue weighted by atomic mass is 10.1. The van der Waals surface area contributed by atoms with Crippen LogP contribution in [0.5, 0.6) is 0 Å². The maximum Gasteiger partial charge on any atom is 0.249 e. The van der Waals surface area contributed by atoms with Crippen molar-refractivity contribution in [3.05, 3.63) is 71.1 Å². The highest BCUT2D eigenvalue weighted by Gasteiger charge is 2.17. The summed E-state index contributed by atoms with van der Waals surface area (Å²) in [6.07, 6.45) is 1.70. The van der Waals surface area contributed by atoms with Crippen molar-refractivity contribution in [3.8, 4) is 22.8 Å². The second-order valence-corrected chi connectivity index (χ2v) is 5.80. The molecule has 7 heteroatoms. The topological polar surface area (TPSA) is 100 Å². The van der Waals surface area contributed by atoms with Crippen LogP contribution in [0.15, 0.2) is 65.6 Å². The van der Waals surface area contributed by atoms with Gasteiger partial charge in [-0.1, -0.05) is 30.3 Å². The molecule has 0 spiro atoms. The number of benzene rings is 1. The number of hydrogen-bond donors (Lipinski definition) is 2. The quantitative estimate of drug-likeness (QED) is 0.514. The monoisotopic (exact) mass is 340 g/mol. The fourth-order valence-corrected chi connectivity index (χ4v) is 2.89. The first-order valence-corrected chi connectivity index (χ1v) is 8.05. The van der Waals surface area contributed by atoms with E-state index in [9.17, 15) is 4.79 Å². The van der Waals surface area contributed by atoms with Gasteiger partial charge in [0.05, 0.1) is 5.52 Å². The second-order valence-electron chi connectivity index (χ2n) is 5.80. The standard InChI is InChI=1S/C19H12N6O/c26-14-9-8-13-18(23-14)24-15(11-5-2-1-3-6-11)16(21-13)19-22-12-7-4-10-20-17(12)25-19/h1-10H,(H,20,22,25)(H,23,24,26). The zero-order chi connectivity index (χ0) is 17.5. The molecule has 0 atom stereocenters. The number of nitrogens with zero attached hydrogens (tertiary/aromatic N) is 4. The molecule has 26 heavy (non-hydrogen) atoms. The summed E-state index contributed by atoms with van der Waals surface area (Å²) >= 11 is 0. The van der Waals surface area contributed by atoms with Gasteiger partial charge in [0.2, 0.25) is 5.56 Å². The van der Waals surface area contributed by atoms with Crippen LogP contribution < -0.4 is 5.56 Å². The molecule has 7 nitrogen and oxygen atoms in total. The first-order chi connectivity index (χ1) is 12.8. The van der Waals surface area contributed by atoms with E-state index < -0.39 is 0 Å². The number of rotatable bonds is 2. The van der Waals surface area contributed by atoms with Crippen molar-refractivity contribution in [1.82, 2.24) is 29.9 Å². The van der Waals surface area contributed by atoms with E-state index in [0.717, 1.165) is 11.1 Å². The highest BCUT2D eigenvalue weighted by Crippen LogP contribution is 2.29. The number of H-pyrrole nitrogens is 2. The van der Waals surface area contributed by atoms with Crippen LogP contribution in [-0.4, -0.2) is 29.9 Å². The van der Waals surface area contributed by atoms with Gasteiger partial charge < -0.3 is 9.97 Å². The molecule has 0 saturated heterocycles. The van der Waals surface area contributed by atoms with Gasteiger partial charge in [0.1, 0.15) is 16.9 Å². The van der Waals surface area contributed by atoms with Crippen LogP contribution in [0.3, 0.4) is 0 Å². The zero-order valence-electron chi connectivity index (χ0n) is 13.5. The average Bonchev–Trinajstić information content (AvgIpc) is 3.11. The molecule has 0 aliphatic carbocycles. The molecule has 0 unspecified atom stereocenters. The molecule has 4 aromatic heterocycles. The van der Waals surface area contributed by atoms with E-state index in [-0.39, 0.29) is 5.56 Å². The first kappa shape index (κ1) is 14.5. The maximum absolute atomic E-state index is 11.7. The summed E-state index contributed by atoms with van der Waals surface area (Å²) in [6, 6.07) is 16.5. The van der Waals surface area contributed by atoms with Gasteiger partial charge in [0.15, 0.2) is 17.1 Å². The molecule has 2 N–H and O–H groups in total. The molecule has 0 fully saturated rings. The maximum atomic E-state index is 11.7. The van der Waals surface area contributed by atoms with E-state index in [1.54, 1.807) is 12.3 Å². The lowest BCUT2D eigenvalue weighted by molar-refractivity contribution is 1.17. The number of aromatic amines is 2. The van der Waals surface area contributed by atoms with Crippen LogP contribution in [0, 0.1) is 0 Å². The van der Waals surface area contributed by atoms with Crippen LogP contribution in [0.1, 0.15) is 0 Å². The van der Waals surface area contributed by atoms with Gasteiger partial charge in [-0.3, -0.25) is 4.79 Å². The Morgan fingerprint density at radius 3 is 2.50 bits per heavy atom. The molecule has 124 valence electrons. The summed E-state index contributed by atoms with van der Waals surface area (Å²) in [5.74, 6) is 0.582. The normalized spacial score (nSPS) is 11.2. The van der Waals surface area contributed by atoms with Gasteiger partial charge >= 0.3 is 0 Å². The van der Waals surface area contributed by atoms with E-state index >= 15 is 0 Å². The highest BCUT2D eigenvalue weighted by atomic mass is 16.1. The highest BCUT2D eigenvalue weighted by molar-refractivity contribution is 5.85. The van der Waals surface area contributed by atoms with Gasteiger partial charge in [0.25, 0.3) is 0 Å². The summed E-state index contributed by atoms with van der Waals surface area (Å²) in [7, 11) is 0. The molecule has 0 aliphatic rings. The van der Waals surface area contributed by atoms with Gasteiger partial charge in [-0.05, 0) is 18.2 Å². The van der Waals surface area contributed by atoms with Crippen molar-refractivity contribution in [1.29, 1.82) is 0 Å². The third-order valence-electron chi connectivity index (χ3n) is 4.09. The third kappa shape index (κ3) is 2.34. The fraction of sp³-hybridized carbons (Fsp3) is 0. The molecule has 0 saturated carbocycles. The third-order valence-corrected chi connectivity index (χ3v) is 4.09. The summed E-state index contributed by atoms with van der Waals surface area (Å²) in [5.41, 5.74) is 4.38. The summed E-state index contributed by atoms with van der Waals surface area (Å²) < 4.78 is 0. The van der Waals surface area contributed by atoms with Crippen molar-refractivity contribution in [2.75, 3.05) is 0 Å². The van der Waals surface area contributed by atoms with Crippen LogP contribution in [0.2, 0.25) is 0 Å². The molecular formula is C19H12N6O. The Hall–Kier alpha value is -3.87. The van der Waals surface area contributed by atoms with E-state index in [2.05, 4.69) is 24.9 Å². The number of aromatic nitrogens is 6. The van der Waals surface area contributed by atoms with E-state index in [1.807, 2.05) is 42.5 Å². The average molecular weight is 340 g/mol. The Balaban J connectivity index is 1.84. The minimum absolute atomic E-state index is 0.216. The van der Waals surface area contributed by atoms with Gasteiger partial charge in [-0.25, -0.2) is 19.9 Å². The lowest BCUT2D eigenvalue weighted by Gasteiger charge is -2.08. The Bertz CT molecular complexity index is 1270. The Labute approximate surface area is 146 Å². The van der Waals surface area contributed by atoms with Crippen LogP contribution in [-0.2, 0) is 0 Å². The molecule has 4 heterocycles. The summed E-state index contributed by atoms with van der Waals surface area (Å²) in [5, 5.41) is 0. The van der Waals surface area contributed by atoms with E-state index in [4.69, 9.17) is 4.98 Å². The Morgan fingerprint density at radius 2 is 1.65 bits per heavy atom. The fourth-order valence-electron chi connectivity index (χ4n) is 2.89. The van der Waals surface area contributed by atoms with Crippen molar-refractivity contribution >= 4 is 22.3 Å². The first-order valence-electron chi connectivity index (χ1n) is 8.05. The molecule has 1 aromatic carbocycles. The van der Waals surface area contributed by atoms with Crippen molar-refractivity contribution in [3.63, 3.8) is 0 Å². The van der Waals surface area contributed by atoms with Crippen LogP contribution >= 0.6 is 0 Å². The SMILES string of the molecule is O=c1ccc2nc(-c3nc4ncccc4[nH]3)c(-c3ccccc3)nc2[nH]1. The molecule has 0 aliphatic heterocycles. The van der Waals surface area contributed by atoms with Gasteiger partial charge in [-0.15, -0.1) is 0 Å². The molecule has 0 bridgehead atoms. The molecule has 5 aromatic rings. The van der Waals surface area contributed by atoms with Crippen LogP contribution in [0.4, 0.5) is 0 Å². The molecule has 0 amide bonds. The largest absolute Gasteiger partial charge is 0.335 e. The van der Waals surface area contributed by atoms with Gasteiger partial charge in [0, 0.05) is 17.8 Å².